The number of hydrogen-bond donors (Lipinski definition) is 1. The fourth-order valence-electron chi connectivity index (χ4n) is 2.28. The average molecular weight is 464 g/mol. The van der Waals surface area contributed by atoms with Crippen molar-refractivity contribution < 1.29 is 51.3 Å². The Morgan fingerprint density at radius 1 is 1.00 bits per heavy atom. The van der Waals surface area contributed by atoms with E-state index in [9.17, 15) is 32.3 Å². The molecule has 0 spiro atoms. The van der Waals surface area contributed by atoms with E-state index in [4.69, 9.17) is 18.9 Å². The van der Waals surface area contributed by atoms with Crippen molar-refractivity contribution in [3.05, 3.63) is 0 Å². The minimum atomic E-state index is -5.21. The van der Waals surface area contributed by atoms with Crippen molar-refractivity contribution in [2.24, 2.45) is 0 Å². The lowest BCUT2D eigenvalue weighted by Crippen LogP contribution is -2.65. The van der Waals surface area contributed by atoms with Crippen LogP contribution in [0.1, 0.15) is 20.8 Å². The molecule has 1 aliphatic heterocycles. The van der Waals surface area contributed by atoms with E-state index in [-0.39, 0.29) is 0 Å². The van der Waals surface area contributed by atoms with E-state index in [1.54, 1.807) is 5.32 Å². The molecule has 1 heterocycles. The van der Waals surface area contributed by atoms with E-state index < -0.39 is 66.0 Å². The van der Waals surface area contributed by atoms with Crippen LogP contribution in [0.3, 0.4) is 0 Å². The maximum atomic E-state index is 12.6. The van der Waals surface area contributed by atoms with Crippen molar-refractivity contribution in [3.8, 4) is 0 Å². The molecule has 0 radical (unpaired) electrons. The zero-order valence-electron chi connectivity index (χ0n) is 14.4. The van der Waals surface area contributed by atoms with Crippen LogP contribution in [0.5, 0.6) is 0 Å². The van der Waals surface area contributed by atoms with Crippen molar-refractivity contribution in [2.45, 2.75) is 56.3 Å². The summed E-state index contributed by atoms with van der Waals surface area (Å²) in [6.45, 7) is 2.66. The summed E-state index contributed by atoms with van der Waals surface area (Å²) >= 11 is 2.94. The third-order valence-electron chi connectivity index (χ3n) is 3.24. The smallest absolute Gasteiger partial charge is 0.463 e. The van der Waals surface area contributed by atoms with Crippen LogP contribution in [0.15, 0.2) is 0 Å². The first-order valence-corrected chi connectivity index (χ1v) is 8.39. The van der Waals surface area contributed by atoms with Crippen molar-refractivity contribution in [1.29, 1.82) is 0 Å². The molecule has 9 nitrogen and oxygen atoms in total. The molecule has 0 aromatic rings. The van der Waals surface area contributed by atoms with E-state index in [2.05, 4.69) is 15.9 Å². The van der Waals surface area contributed by atoms with Crippen molar-refractivity contribution in [1.82, 2.24) is 5.32 Å². The lowest BCUT2D eigenvalue weighted by Gasteiger charge is -2.43. The normalized spacial score (nSPS) is 28.0. The summed E-state index contributed by atoms with van der Waals surface area (Å²) in [5, 5.41) is 0.363. The molecule has 0 aromatic heterocycles. The Balaban J connectivity index is 3.18. The molecule has 0 saturated carbocycles. The first-order valence-electron chi connectivity index (χ1n) is 7.48. The van der Waals surface area contributed by atoms with E-state index in [0.717, 1.165) is 20.8 Å². The molecule has 0 aliphatic carbocycles. The van der Waals surface area contributed by atoms with Crippen LogP contribution in [-0.2, 0) is 38.1 Å². The third kappa shape index (κ3) is 6.97. The van der Waals surface area contributed by atoms with E-state index in [1.165, 1.54) is 0 Å². The fourth-order valence-corrected chi connectivity index (χ4v) is 2.99. The Kier molecular flexibility index (Phi) is 8.02. The van der Waals surface area contributed by atoms with Gasteiger partial charge in [0.15, 0.2) is 12.2 Å². The minimum Gasteiger partial charge on any atom is -0.463 e. The van der Waals surface area contributed by atoms with Gasteiger partial charge in [-0.1, -0.05) is 15.9 Å². The van der Waals surface area contributed by atoms with Crippen LogP contribution >= 0.6 is 15.9 Å². The van der Waals surface area contributed by atoms with Gasteiger partial charge < -0.3 is 24.3 Å². The van der Waals surface area contributed by atoms with E-state index in [0.29, 0.717) is 0 Å². The highest BCUT2D eigenvalue weighted by atomic mass is 79.9. The second kappa shape index (κ2) is 9.35. The molecule has 5 atom stereocenters. The summed E-state index contributed by atoms with van der Waals surface area (Å²) in [6, 6.07) is -1.55. The Morgan fingerprint density at radius 2 is 1.52 bits per heavy atom. The van der Waals surface area contributed by atoms with Gasteiger partial charge in [0.25, 0.3) is 0 Å². The highest BCUT2D eigenvalue weighted by Gasteiger charge is 2.52. The maximum absolute atomic E-state index is 12.6. The topological polar surface area (TPSA) is 117 Å². The zero-order chi connectivity index (χ0) is 20.9. The summed E-state index contributed by atoms with van der Waals surface area (Å²) in [5.41, 5.74) is 0. The van der Waals surface area contributed by atoms with Gasteiger partial charge in [0, 0.05) is 20.8 Å². The molecule has 1 fully saturated rings. The number of carbonyl (C=O) groups is 4. The predicted octanol–water partition coefficient (Wildman–Crippen LogP) is 0.580. The Bertz CT molecular complexity index is 599. The average Bonchev–Trinajstić information content (AvgIpc) is 2.49. The Labute approximate surface area is 159 Å². The van der Waals surface area contributed by atoms with Gasteiger partial charge in [-0.3, -0.25) is 19.2 Å². The Hall–Kier alpha value is -1.89. The first-order chi connectivity index (χ1) is 12.3. The van der Waals surface area contributed by atoms with Crippen molar-refractivity contribution >= 4 is 39.7 Å². The largest absolute Gasteiger partial charge is 0.471 e. The molecule has 1 aliphatic rings. The Morgan fingerprint density at radius 3 is 1.96 bits per heavy atom. The van der Waals surface area contributed by atoms with Crippen molar-refractivity contribution in [2.75, 3.05) is 6.61 Å². The first kappa shape index (κ1) is 23.1. The molecule has 0 bridgehead atoms. The molecule has 0 aromatic carbocycles. The summed E-state index contributed by atoms with van der Waals surface area (Å²) in [4.78, 5) is 45.1. The van der Waals surface area contributed by atoms with Crippen LogP contribution in [0.4, 0.5) is 13.2 Å². The molecule has 13 heteroatoms. The highest BCUT2D eigenvalue weighted by molar-refractivity contribution is 9.09. The third-order valence-corrected chi connectivity index (χ3v) is 4.03. The highest BCUT2D eigenvalue weighted by Crippen LogP contribution is 2.30. The van der Waals surface area contributed by atoms with Gasteiger partial charge in [-0.2, -0.15) is 13.2 Å². The molecule has 1 rings (SSSR count). The van der Waals surface area contributed by atoms with Crippen LogP contribution in [0.2, 0.25) is 0 Å². The van der Waals surface area contributed by atoms with Gasteiger partial charge in [-0.25, -0.2) is 0 Å². The second-order valence-electron chi connectivity index (χ2n) is 5.47. The monoisotopic (exact) mass is 463 g/mol. The summed E-state index contributed by atoms with van der Waals surface area (Å²) in [7, 11) is 0. The fraction of sp³-hybridized carbons (Fsp3) is 0.714. The number of hydrogen-bond acceptors (Lipinski definition) is 8. The predicted molar refractivity (Wildman–Crippen MR) is 83.3 cm³/mol. The van der Waals surface area contributed by atoms with E-state index >= 15 is 0 Å². The molecule has 1 N–H and O–H groups in total. The van der Waals surface area contributed by atoms with Crippen LogP contribution < -0.4 is 5.32 Å². The standard InChI is InChI=1S/C14H17BrF3NO8/c1-5(20)24-4-8-10(25-6(2)21)11(26-7(3)22)9(12(15)27-8)19-13(23)14(16,17)18/h8-12H,4H2,1-3H3,(H,19,23)/t8?,9?,10-,11?,12+/m1/s1. The molecule has 1 amide bonds. The summed E-state index contributed by atoms with van der Waals surface area (Å²) in [5.74, 6) is -4.76. The number of nitrogens with one attached hydrogen (secondary N) is 1. The number of carbonyl (C=O) groups excluding carboxylic acids is 4. The molecular weight excluding hydrogens is 447 g/mol. The quantitative estimate of drug-likeness (QED) is 0.357. The minimum absolute atomic E-state index is 0.437. The number of rotatable bonds is 5. The van der Waals surface area contributed by atoms with Crippen LogP contribution in [0.25, 0.3) is 0 Å². The van der Waals surface area contributed by atoms with Gasteiger partial charge in [-0.15, -0.1) is 0 Å². The SMILES string of the molecule is CC(=O)OCC1O[C@H](Br)C(NC(=O)C(F)(F)F)C(OC(C)=O)[C@@H]1OC(C)=O. The number of alkyl halides is 4. The molecule has 154 valence electrons. The van der Waals surface area contributed by atoms with Crippen LogP contribution in [0, 0.1) is 0 Å². The van der Waals surface area contributed by atoms with Gasteiger partial charge in [0.2, 0.25) is 0 Å². The van der Waals surface area contributed by atoms with Gasteiger partial charge in [0.1, 0.15) is 23.8 Å². The molecule has 1 saturated heterocycles. The van der Waals surface area contributed by atoms with E-state index in [1.807, 2.05) is 0 Å². The molecule has 27 heavy (non-hydrogen) atoms. The number of esters is 3. The molecule has 3 unspecified atom stereocenters. The van der Waals surface area contributed by atoms with Gasteiger partial charge in [0.05, 0.1) is 0 Å². The zero-order valence-corrected chi connectivity index (χ0v) is 16.0. The maximum Gasteiger partial charge on any atom is 0.471 e. The lowest BCUT2D eigenvalue weighted by atomic mass is 9.97. The number of halogens is 4. The van der Waals surface area contributed by atoms with Gasteiger partial charge in [-0.05, 0) is 0 Å². The van der Waals surface area contributed by atoms with Crippen molar-refractivity contribution in [3.63, 3.8) is 0 Å². The second-order valence-corrected chi connectivity index (χ2v) is 6.38. The lowest BCUT2D eigenvalue weighted by molar-refractivity contribution is -0.214. The number of amides is 1. The van der Waals surface area contributed by atoms with Gasteiger partial charge >= 0.3 is 30.0 Å². The summed E-state index contributed by atoms with van der Waals surface area (Å²) in [6.07, 6.45) is -9.38. The molecular formula is C14H17BrF3NO8. The van der Waals surface area contributed by atoms with Crippen LogP contribution in [-0.4, -0.2) is 66.0 Å². The summed E-state index contributed by atoms with van der Waals surface area (Å²) < 4.78 is 57.9. The number of ether oxygens (including phenoxy) is 4.